The van der Waals surface area contributed by atoms with Crippen LogP contribution in [0.5, 0.6) is 0 Å². The number of allylic oxidation sites excluding steroid dienone is 2. The number of nitrogens with zero attached hydrogens (tertiary/aromatic N) is 2. The Labute approximate surface area is 234 Å². The molecule has 41 heavy (non-hydrogen) atoms. The van der Waals surface area contributed by atoms with Crippen molar-refractivity contribution in [3.8, 4) is 0 Å². The third-order valence-electron chi connectivity index (χ3n) is 7.09. The maximum Gasteiger partial charge on any atom is 0.490 e. The van der Waals surface area contributed by atoms with Crippen LogP contribution in [0.4, 0.5) is 32.0 Å². The number of hydrogen-bond acceptors (Lipinski definition) is 6. The summed E-state index contributed by atoms with van der Waals surface area (Å²) in [6.07, 6.45) is -0.193. The SMILES string of the molecule is Nc1ccc(C2CCN(CCN3CCOCC3)CC2)cc1C1=CCCCC1.O=C(O)C(F)(F)F.O=C(O)C(F)(F)F. The fourth-order valence-corrected chi connectivity index (χ4v) is 4.79. The molecule has 0 radical (unpaired) electrons. The van der Waals surface area contributed by atoms with E-state index in [1.807, 2.05) is 0 Å². The molecule has 2 fully saturated rings. The summed E-state index contributed by atoms with van der Waals surface area (Å²) in [5, 5.41) is 14.2. The normalized spacial score (nSPS) is 19.2. The number of carboxylic acids is 2. The van der Waals surface area contributed by atoms with Crippen LogP contribution in [0.25, 0.3) is 5.57 Å². The molecule has 0 aromatic heterocycles. The Kier molecular flexibility index (Phi) is 13.4. The first-order chi connectivity index (χ1) is 19.2. The molecule has 1 aromatic rings. The van der Waals surface area contributed by atoms with Crippen molar-refractivity contribution >= 4 is 23.2 Å². The molecule has 1 aliphatic carbocycles. The Morgan fingerprint density at radius 1 is 0.878 bits per heavy atom. The van der Waals surface area contributed by atoms with Crippen LogP contribution in [0.2, 0.25) is 0 Å². The van der Waals surface area contributed by atoms with Crippen molar-refractivity contribution in [3.05, 3.63) is 35.4 Å². The number of piperidine rings is 1. The van der Waals surface area contributed by atoms with E-state index in [2.05, 4.69) is 34.1 Å². The van der Waals surface area contributed by atoms with Crippen LogP contribution >= 0.6 is 0 Å². The number of likely N-dealkylation sites (tertiary alicyclic amines) is 1. The summed E-state index contributed by atoms with van der Waals surface area (Å²) in [4.78, 5) is 23.0. The monoisotopic (exact) mass is 597 g/mol. The summed E-state index contributed by atoms with van der Waals surface area (Å²) in [6, 6.07) is 6.82. The first-order valence-corrected chi connectivity index (χ1v) is 13.4. The number of alkyl halides is 6. The Hall–Kier alpha value is -2.84. The second-order valence-corrected chi connectivity index (χ2v) is 10.00. The van der Waals surface area contributed by atoms with Crippen molar-refractivity contribution in [3.63, 3.8) is 0 Å². The number of nitrogens with two attached hydrogens (primary N) is 1. The van der Waals surface area contributed by atoms with E-state index in [0.29, 0.717) is 5.92 Å². The minimum absolute atomic E-state index is 0.688. The van der Waals surface area contributed by atoms with E-state index in [9.17, 15) is 26.3 Å². The van der Waals surface area contributed by atoms with Crippen LogP contribution in [0.15, 0.2) is 24.3 Å². The Bertz CT molecular complexity index is 994. The number of aliphatic carboxylic acids is 2. The highest BCUT2D eigenvalue weighted by molar-refractivity contribution is 5.76. The maximum atomic E-state index is 10.6. The third kappa shape index (κ3) is 12.3. The summed E-state index contributed by atoms with van der Waals surface area (Å²) < 4.78 is 68.9. The van der Waals surface area contributed by atoms with Crippen molar-refractivity contribution in [2.75, 3.05) is 58.2 Å². The molecular weight excluding hydrogens is 560 g/mol. The molecule has 14 heteroatoms. The summed E-state index contributed by atoms with van der Waals surface area (Å²) in [6.45, 7) is 8.83. The average molecular weight is 598 g/mol. The second kappa shape index (κ2) is 16.0. The van der Waals surface area contributed by atoms with Crippen LogP contribution in [-0.2, 0) is 14.3 Å². The zero-order valence-electron chi connectivity index (χ0n) is 22.6. The molecule has 0 saturated carbocycles. The molecule has 2 heterocycles. The highest BCUT2D eigenvalue weighted by Crippen LogP contribution is 2.35. The number of anilines is 1. The average Bonchev–Trinajstić information content (AvgIpc) is 2.93. The number of hydrogen-bond donors (Lipinski definition) is 3. The van der Waals surface area contributed by atoms with E-state index >= 15 is 0 Å². The molecule has 0 amide bonds. The molecule has 0 spiro atoms. The van der Waals surface area contributed by atoms with Gasteiger partial charge in [-0.25, -0.2) is 9.59 Å². The number of halogens is 6. The molecule has 2 saturated heterocycles. The highest BCUT2D eigenvalue weighted by atomic mass is 19.4. The van der Waals surface area contributed by atoms with Crippen molar-refractivity contribution < 1.29 is 50.9 Å². The number of morpholine rings is 1. The van der Waals surface area contributed by atoms with Gasteiger partial charge in [-0.05, 0) is 80.8 Å². The van der Waals surface area contributed by atoms with Crippen LogP contribution in [0.1, 0.15) is 55.6 Å². The summed E-state index contributed by atoms with van der Waals surface area (Å²) in [5.74, 6) is -4.83. The molecule has 2 aliphatic heterocycles. The molecule has 0 unspecified atom stereocenters. The Balaban J connectivity index is 0.000000349. The van der Waals surface area contributed by atoms with Crippen LogP contribution < -0.4 is 5.73 Å². The van der Waals surface area contributed by atoms with E-state index in [1.54, 1.807) is 0 Å². The fourth-order valence-electron chi connectivity index (χ4n) is 4.79. The van der Waals surface area contributed by atoms with Crippen LogP contribution in [0, 0.1) is 0 Å². The first kappa shape index (κ1) is 34.4. The first-order valence-electron chi connectivity index (χ1n) is 13.4. The number of carbonyl (C=O) groups is 2. The van der Waals surface area contributed by atoms with Gasteiger partial charge in [0.25, 0.3) is 0 Å². The van der Waals surface area contributed by atoms with Crippen LogP contribution in [-0.4, -0.2) is 96.8 Å². The van der Waals surface area contributed by atoms with Gasteiger partial charge in [-0.3, -0.25) is 4.90 Å². The number of nitrogen functional groups attached to an aromatic ring is 1. The lowest BCUT2D eigenvalue weighted by atomic mass is 9.85. The smallest absolute Gasteiger partial charge is 0.475 e. The third-order valence-corrected chi connectivity index (χ3v) is 7.09. The zero-order valence-corrected chi connectivity index (χ0v) is 22.6. The minimum atomic E-state index is -5.08. The van der Waals surface area contributed by atoms with Crippen molar-refractivity contribution in [2.45, 2.75) is 56.8 Å². The standard InChI is InChI=1S/C23H35N3O.2C2HF3O2/c24-23-7-6-21(18-22(23)20-4-2-1-3-5-20)19-8-10-25(11-9-19)12-13-26-14-16-27-17-15-26;2*3-2(4,5)1(6)7/h4,6-7,18-19H,1-3,5,8-17,24H2;2*(H,6,7). The lowest BCUT2D eigenvalue weighted by Crippen LogP contribution is -2.43. The lowest BCUT2D eigenvalue weighted by molar-refractivity contribution is -0.193. The molecule has 8 nitrogen and oxygen atoms in total. The number of carboxylic acid groups (broad SMARTS) is 2. The molecule has 4 rings (SSSR count). The van der Waals surface area contributed by atoms with Gasteiger partial charge in [0.15, 0.2) is 0 Å². The van der Waals surface area contributed by atoms with Gasteiger partial charge in [0.1, 0.15) is 0 Å². The summed E-state index contributed by atoms with van der Waals surface area (Å²) in [5.41, 5.74) is 11.6. The van der Waals surface area contributed by atoms with E-state index < -0.39 is 24.3 Å². The minimum Gasteiger partial charge on any atom is -0.475 e. The van der Waals surface area contributed by atoms with Gasteiger partial charge >= 0.3 is 24.3 Å². The number of benzene rings is 1. The Morgan fingerprint density at radius 3 is 1.85 bits per heavy atom. The molecule has 4 N–H and O–H groups in total. The van der Waals surface area contributed by atoms with E-state index in [0.717, 1.165) is 32.0 Å². The van der Waals surface area contributed by atoms with Crippen molar-refractivity contribution in [1.82, 2.24) is 9.80 Å². The largest absolute Gasteiger partial charge is 0.490 e. The fraction of sp³-hybridized carbons (Fsp3) is 0.630. The molecular formula is C27H37F6N3O5. The molecule has 0 bridgehead atoms. The molecule has 0 atom stereocenters. The van der Waals surface area contributed by atoms with E-state index in [-0.39, 0.29) is 0 Å². The quantitative estimate of drug-likeness (QED) is 0.321. The van der Waals surface area contributed by atoms with Gasteiger partial charge in [-0.1, -0.05) is 12.1 Å². The van der Waals surface area contributed by atoms with E-state index in [1.165, 1.54) is 81.4 Å². The van der Waals surface area contributed by atoms with E-state index in [4.69, 9.17) is 30.3 Å². The molecule has 232 valence electrons. The van der Waals surface area contributed by atoms with Gasteiger partial charge in [0.2, 0.25) is 0 Å². The zero-order chi connectivity index (χ0) is 30.6. The number of rotatable bonds is 5. The van der Waals surface area contributed by atoms with Gasteiger partial charge in [0.05, 0.1) is 13.2 Å². The number of ether oxygens (including phenoxy) is 1. The Morgan fingerprint density at radius 2 is 1.39 bits per heavy atom. The maximum absolute atomic E-state index is 10.6. The molecule has 1 aromatic carbocycles. The summed E-state index contributed by atoms with van der Waals surface area (Å²) >= 11 is 0. The highest BCUT2D eigenvalue weighted by Gasteiger charge is 2.38. The van der Waals surface area contributed by atoms with Gasteiger partial charge in [-0.2, -0.15) is 26.3 Å². The predicted molar refractivity (Wildman–Crippen MR) is 140 cm³/mol. The van der Waals surface area contributed by atoms with Gasteiger partial charge in [-0.15, -0.1) is 0 Å². The summed E-state index contributed by atoms with van der Waals surface area (Å²) in [7, 11) is 0. The van der Waals surface area contributed by atoms with Crippen molar-refractivity contribution in [1.29, 1.82) is 0 Å². The van der Waals surface area contributed by atoms with Crippen molar-refractivity contribution in [2.24, 2.45) is 0 Å². The van der Waals surface area contributed by atoms with Crippen LogP contribution in [0.3, 0.4) is 0 Å². The van der Waals surface area contributed by atoms with Gasteiger partial charge < -0.3 is 25.6 Å². The second-order valence-electron chi connectivity index (χ2n) is 10.00. The lowest BCUT2D eigenvalue weighted by Gasteiger charge is -2.35. The molecule has 3 aliphatic rings. The topological polar surface area (TPSA) is 116 Å². The predicted octanol–water partition coefficient (Wildman–Crippen LogP) is 5.00. The van der Waals surface area contributed by atoms with Gasteiger partial charge in [0, 0.05) is 37.4 Å².